The number of fused-ring (bicyclic) bond motifs is 1. The molecular formula is C12H11F3N2O2. The van der Waals surface area contributed by atoms with Crippen LogP contribution < -0.4 is 5.56 Å². The van der Waals surface area contributed by atoms with Gasteiger partial charge in [-0.2, -0.15) is 13.2 Å². The van der Waals surface area contributed by atoms with Crippen LogP contribution in [0.2, 0.25) is 0 Å². The van der Waals surface area contributed by atoms with Crippen LogP contribution in [-0.2, 0) is 11.8 Å². The highest BCUT2D eigenvalue weighted by molar-refractivity contribution is 5.43. The van der Waals surface area contributed by atoms with Gasteiger partial charge < -0.3 is 5.11 Å². The van der Waals surface area contributed by atoms with E-state index in [4.69, 9.17) is 0 Å². The number of hydrogen-bond acceptors (Lipinski definition) is 3. The fraction of sp³-hybridized carbons (Fsp3) is 0.333. The molecule has 0 saturated heterocycles. The van der Waals surface area contributed by atoms with Gasteiger partial charge in [0, 0.05) is 12.3 Å². The van der Waals surface area contributed by atoms with Crippen molar-refractivity contribution in [3.8, 4) is 0 Å². The lowest BCUT2D eigenvalue weighted by Gasteiger charge is -2.18. The van der Waals surface area contributed by atoms with Crippen LogP contribution in [0.3, 0.4) is 0 Å². The van der Waals surface area contributed by atoms with Gasteiger partial charge in [-0.25, -0.2) is 4.98 Å². The Hall–Kier alpha value is -1.89. The third-order valence-corrected chi connectivity index (χ3v) is 2.66. The van der Waals surface area contributed by atoms with E-state index in [1.165, 1.54) is 32.2 Å². The van der Waals surface area contributed by atoms with Crippen molar-refractivity contribution in [3.63, 3.8) is 0 Å². The van der Waals surface area contributed by atoms with Crippen LogP contribution in [0.5, 0.6) is 0 Å². The Morgan fingerprint density at radius 1 is 1.26 bits per heavy atom. The zero-order valence-electron chi connectivity index (χ0n) is 10.2. The van der Waals surface area contributed by atoms with Crippen LogP contribution in [0.15, 0.2) is 29.2 Å². The van der Waals surface area contributed by atoms with Crippen LogP contribution in [0.4, 0.5) is 13.2 Å². The molecule has 0 aliphatic heterocycles. The number of pyridine rings is 1. The van der Waals surface area contributed by atoms with Gasteiger partial charge in [0.1, 0.15) is 5.65 Å². The summed E-state index contributed by atoms with van der Waals surface area (Å²) in [6, 6.07) is 3.16. The van der Waals surface area contributed by atoms with Gasteiger partial charge in [0.2, 0.25) is 0 Å². The van der Waals surface area contributed by atoms with Crippen LogP contribution in [0.25, 0.3) is 5.65 Å². The summed E-state index contributed by atoms with van der Waals surface area (Å²) in [6.45, 7) is 2.98. The molecular weight excluding hydrogens is 261 g/mol. The van der Waals surface area contributed by atoms with E-state index in [-0.39, 0.29) is 5.65 Å². The summed E-state index contributed by atoms with van der Waals surface area (Å²) in [6.07, 6.45) is -3.39. The molecule has 7 heteroatoms. The molecule has 0 unspecified atom stereocenters. The first-order valence-electron chi connectivity index (χ1n) is 5.42. The number of aromatic nitrogens is 2. The first kappa shape index (κ1) is 13.5. The summed E-state index contributed by atoms with van der Waals surface area (Å²) in [5.74, 6) is 0. The minimum atomic E-state index is -4.68. The van der Waals surface area contributed by atoms with E-state index >= 15 is 0 Å². The number of aliphatic hydroxyl groups is 1. The van der Waals surface area contributed by atoms with Crippen molar-refractivity contribution >= 4 is 5.65 Å². The molecule has 0 bridgehead atoms. The molecule has 0 atom stereocenters. The van der Waals surface area contributed by atoms with Gasteiger partial charge in [-0.15, -0.1) is 0 Å². The summed E-state index contributed by atoms with van der Waals surface area (Å²) in [7, 11) is 0. The molecule has 0 amide bonds. The standard InChI is InChI=1S/C12H11F3N2O2/c1-11(2,19)7-3-4-17-9(5-7)16-8(6-10(17)18)12(13,14)15/h3-6,19H,1-2H3. The number of hydrogen-bond donors (Lipinski definition) is 1. The zero-order chi connectivity index (χ0) is 14.4. The van der Waals surface area contributed by atoms with Gasteiger partial charge in [0.25, 0.3) is 5.56 Å². The Labute approximate surface area is 106 Å². The summed E-state index contributed by atoms with van der Waals surface area (Å²) in [5, 5.41) is 9.81. The summed E-state index contributed by atoms with van der Waals surface area (Å²) < 4.78 is 38.7. The Kier molecular flexibility index (Phi) is 2.89. The molecule has 0 spiro atoms. The SMILES string of the molecule is CC(C)(O)c1ccn2c(=O)cc(C(F)(F)F)nc2c1. The Morgan fingerprint density at radius 3 is 2.42 bits per heavy atom. The van der Waals surface area contributed by atoms with Gasteiger partial charge >= 0.3 is 6.18 Å². The third-order valence-electron chi connectivity index (χ3n) is 2.66. The molecule has 0 radical (unpaired) electrons. The molecule has 0 aliphatic rings. The van der Waals surface area contributed by atoms with Crippen molar-refractivity contribution in [1.82, 2.24) is 9.38 Å². The second-order valence-electron chi connectivity index (χ2n) is 4.68. The quantitative estimate of drug-likeness (QED) is 0.863. The molecule has 0 saturated carbocycles. The van der Waals surface area contributed by atoms with Gasteiger partial charge in [-0.3, -0.25) is 9.20 Å². The van der Waals surface area contributed by atoms with Crippen molar-refractivity contribution in [1.29, 1.82) is 0 Å². The normalized spacial score (nSPS) is 12.9. The van der Waals surface area contributed by atoms with E-state index in [0.29, 0.717) is 11.6 Å². The molecule has 4 nitrogen and oxygen atoms in total. The van der Waals surface area contributed by atoms with Crippen LogP contribution in [-0.4, -0.2) is 14.5 Å². The number of rotatable bonds is 1. The molecule has 102 valence electrons. The summed E-state index contributed by atoms with van der Waals surface area (Å²) >= 11 is 0. The second-order valence-corrected chi connectivity index (χ2v) is 4.68. The Balaban J connectivity index is 2.74. The Morgan fingerprint density at radius 2 is 1.89 bits per heavy atom. The van der Waals surface area contributed by atoms with Gasteiger partial charge in [0.05, 0.1) is 5.60 Å². The molecule has 0 aromatic carbocycles. The third kappa shape index (κ3) is 2.60. The number of alkyl halides is 3. The maximum absolute atomic E-state index is 12.6. The zero-order valence-corrected chi connectivity index (χ0v) is 10.2. The predicted molar refractivity (Wildman–Crippen MR) is 61.7 cm³/mol. The number of halogens is 3. The summed E-state index contributed by atoms with van der Waals surface area (Å²) in [4.78, 5) is 15.0. The Bertz CT molecular complexity index is 679. The molecule has 1 N–H and O–H groups in total. The second kappa shape index (κ2) is 4.06. The van der Waals surface area contributed by atoms with Crippen molar-refractivity contribution in [3.05, 3.63) is 46.0 Å². The van der Waals surface area contributed by atoms with Crippen LogP contribution >= 0.6 is 0 Å². The van der Waals surface area contributed by atoms with E-state index in [1.807, 2.05) is 0 Å². The molecule has 2 aromatic rings. The first-order valence-corrected chi connectivity index (χ1v) is 5.42. The lowest BCUT2D eigenvalue weighted by molar-refractivity contribution is -0.141. The highest BCUT2D eigenvalue weighted by Gasteiger charge is 2.33. The molecule has 2 rings (SSSR count). The van der Waals surface area contributed by atoms with Crippen molar-refractivity contribution in [2.45, 2.75) is 25.6 Å². The van der Waals surface area contributed by atoms with E-state index in [2.05, 4.69) is 4.98 Å². The molecule has 19 heavy (non-hydrogen) atoms. The highest BCUT2D eigenvalue weighted by Crippen LogP contribution is 2.27. The lowest BCUT2D eigenvalue weighted by atomic mass is 10.00. The fourth-order valence-corrected chi connectivity index (χ4v) is 1.63. The van der Waals surface area contributed by atoms with Crippen molar-refractivity contribution in [2.24, 2.45) is 0 Å². The predicted octanol–water partition coefficient (Wildman–Crippen LogP) is 1.94. The van der Waals surface area contributed by atoms with Gasteiger partial charge in [-0.05, 0) is 31.5 Å². The smallest absolute Gasteiger partial charge is 0.386 e. The van der Waals surface area contributed by atoms with Gasteiger partial charge in [0.15, 0.2) is 5.69 Å². The highest BCUT2D eigenvalue weighted by atomic mass is 19.4. The van der Waals surface area contributed by atoms with E-state index in [9.17, 15) is 23.1 Å². The minimum Gasteiger partial charge on any atom is -0.386 e. The maximum Gasteiger partial charge on any atom is 0.433 e. The van der Waals surface area contributed by atoms with Crippen molar-refractivity contribution < 1.29 is 18.3 Å². The molecule has 2 aromatic heterocycles. The topological polar surface area (TPSA) is 54.6 Å². The lowest BCUT2D eigenvalue weighted by Crippen LogP contribution is -2.22. The average Bonchev–Trinajstić information content (AvgIpc) is 2.25. The molecule has 0 aliphatic carbocycles. The van der Waals surface area contributed by atoms with E-state index in [0.717, 1.165) is 4.40 Å². The molecule has 2 heterocycles. The van der Waals surface area contributed by atoms with Gasteiger partial charge in [-0.1, -0.05) is 0 Å². The molecule has 0 fully saturated rings. The van der Waals surface area contributed by atoms with E-state index < -0.39 is 23.0 Å². The van der Waals surface area contributed by atoms with Crippen molar-refractivity contribution in [2.75, 3.05) is 0 Å². The largest absolute Gasteiger partial charge is 0.433 e. The monoisotopic (exact) mass is 272 g/mol. The maximum atomic E-state index is 12.6. The fourth-order valence-electron chi connectivity index (χ4n) is 1.63. The van der Waals surface area contributed by atoms with Crippen LogP contribution in [0, 0.1) is 0 Å². The minimum absolute atomic E-state index is 0.153. The summed E-state index contributed by atoms with van der Waals surface area (Å²) in [5.41, 5.74) is -3.07. The average molecular weight is 272 g/mol. The first-order chi connectivity index (χ1) is 8.59. The van der Waals surface area contributed by atoms with E-state index in [1.54, 1.807) is 0 Å². The van der Waals surface area contributed by atoms with Crippen LogP contribution in [0.1, 0.15) is 25.1 Å². The number of nitrogens with zero attached hydrogens (tertiary/aromatic N) is 2.